The average molecular weight is 326 g/mol. The molecular formula is C22H30O2. The van der Waals surface area contributed by atoms with E-state index in [0.717, 1.165) is 28.4 Å². The second-order valence-electron chi connectivity index (χ2n) is 7.02. The molecule has 0 fully saturated rings. The van der Waals surface area contributed by atoms with Crippen LogP contribution in [0.2, 0.25) is 0 Å². The first-order valence-electron chi connectivity index (χ1n) is 8.89. The molecule has 0 saturated carbocycles. The summed E-state index contributed by atoms with van der Waals surface area (Å²) < 4.78 is 11.9. The highest BCUT2D eigenvalue weighted by Gasteiger charge is 2.13. The molecule has 2 heteroatoms. The molecule has 0 atom stereocenters. The van der Waals surface area contributed by atoms with Crippen LogP contribution in [0.15, 0.2) is 30.3 Å². The van der Waals surface area contributed by atoms with Crippen LogP contribution in [0.4, 0.5) is 0 Å². The van der Waals surface area contributed by atoms with Crippen molar-refractivity contribution in [3.05, 3.63) is 52.6 Å². The van der Waals surface area contributed by atoms with Crippen molar-refractivity contribution >= 4 is 0 Å². The predicted octanol–water partition coefficient (Wildman–Crippen LogP) is 6.74. The van der Waals surface area contributed by atoms with E-state index >= 15 is 0 Å². The van der Waals surface area contributed by atoms with Gasteiger partial charge in [0.05, 0.1) is 6.61 Å². The highest BCUT2D eigenvalue weighted by atomic mass is 16.5. The first kappa shape index (κ1) is 18.4. The standard InChI is InChI=1S/C22H30O2/c1-8-23-19-11-16(6)22(17(7)12-19)24-18-9-10-20(14(2)3)21(13-18)15(4)5/h9-15H,8H2,1-7H3. The van der Waals surface area contributed by atoms with Gasteiger partial charge in [-0.2, -0.15) is 0 Å². The summed E-state index contributed by atoms with van der Waals surface area (Å²) in [5.41, 5.74) is 4.95. The molecule has 0 aliphatic heterocycles. The van der Waals surface area contributed by atoms with E-state index in [1.165, 1.54) is 11.1 Å². The molecule has 2 aromatic rings. The van der Waals surface area contributed by atoms with Gasteiger partial charge in [0.1, 0.15) is 17.2 Å². The monoisotopic (exact) mass is 326 g/mol. The van der Waals surface area contributed by atoms with E-state index in [0.29, 0.717) is 18.4 Å². The van der Waals surface area contributed by atoms with Gasteiger partial charge in [0, 0.05) is 0 Å². The summed E-state index contributed by atoms with van der Waals surface area (Å²) in [6.45, 7) is 15.8. The van der Waals surface area contributed by atoms with Crippen LogP contribution < -0.4 is 9.47 Å². The summed E-state index contributed by atoms with van der Waals surface area (Å²) in [6.07, 6.45) is 0. The number of aryl methyl sites for hydroxylation is 2. The Morgan fingerprint density at radius 2 is 1.38 bits per heavy atom. The third-order valence-electron chi connectivity index (χ3n) is 4.27. The molecule has 2 rings (SSSR count). The van der Waals surface area contributed by atoms with E-state index in [2.05, 4.69) is 59.7 Å². The Kier molecular flexibility index (Phi) is 5.93. The van der Waals surface area contributed by atoms with E-state index < -0.39 is 0 Å². The molecule has 0 N–H and O–H groups in total. The maximum Gasteiger partial charge on any atom is 0.133 e. The quantitative estimate of drug-likeness (QED) is 0.585. The fraction of sp³-hybridized carbons (Fsp3) is 0.455. The van der Waals surface area contributed by atoms with E-state index in [1.54, 1.807) is 0 Å². The molecule has 0 aliphatic rings. The Balaban J connectivity index is 2.36. The molecule has 0 radical (unpaired) electrons. The average Bonchev–Trinajstić information content (AvgIpc) is 2.51. The Hall–Kier alpha value is -1.96. The van der Waals surface area contributed by atoms with Crippen molar-refractivity contribution in [3.8, 4) is 17.2 Å². The van der Waals surface area contributed by atoms with Gasteiger partial charge in [-0.3, -0.25) is 0 Å². The third-order valence-corrected chi connectivity index (χ3v) is 4.27. The molecule has 2 nitrogen and oxygen atoms in total. The van der Waals surface area contributed by atoms with Crippen molar-refractivity contribution in [2.75, 3.05) is 6.61 Å². The predicted molar refractivity (Wildman–Crippen MR) is 102 cm³/mol. The number of ether oxygens (including phenoxy) is 2. The lowest BCUT2D eigenvalue weighted by molar-refractivity contribution is 0.339. The first-order valence-corrected chi connectivity index (χ1v) is 8.89. The largest absolute Gasteiger partial charge is 0.494 e. The second-order valence-corrected chi connectivity index (χ2v) is 7.02. The maximum atomic E-state index is 6.24. The van der Waals surface area contributed by atoms with E-state index in [9.17, 15) is 0 Å². The maximum absolute atomic E-state index is 6.24. The molecule has 24 heavy (non-hydrogen) atoms. The highest BCUT2D eigenvalue weighted by molar-refractivity contribution is 5.49. The second kappa shape index (κ2) is 7.74. The molecule has 0 bridgehead atoms. The van der Waals surface area contributed by atoms with Crippen LogP contribution in [-0.2, 0) is 0 Å². The molecule has 2 aromatic carbocycles. The molecule has 0 heterocycles. The van der Waals surface area contributed by atoms with E-state index in [4.69, 9.17) is 9.47 Å². The SMILES string of the molecule is CCOc1cc(C)c(Oc2ccc(C(C)C)c(C(C)C)c2)c(C)c1. The summed E-state index contributed by atoms with van der Waals surface area (Å²) in [6, 6.07) is 10.6. The normalized spacial score (nSPS) is 11.2. The lowest BCUT2D eigenvalue weighted by Gasteiger charge is -2.19. The minimum absolute atomic E-state index is 0.480. The number of benzene rings is 2. The van der Waals surface area contributed by atoms with Gasteiger partial charge in [0.2, 0.25) is 0 Å². The molecule has 0 unspecified atom stereocenters. The van der Waals surface area contributed by atoms with Crippen LogP contribution >= 0.6 is 0 Å². The zero-order valence-corrected chi connectivity index (χ0v) is 16.1. The molecule has 0 spiro atoms. The summed E-state index contributed by atoms with van der Waals surface area (Å²) in [5.74, 6) is 3.72. The zero-order chi connectivity index (χ0) is 17.9. The molecule has 0 aromatic heterocycles. The Morgan fingerprint density at radius 1 is 0.792 bits per heavy atom. The van der Waals surface area contributed by atoms with E-state index in [1.807, 2.05) is 19.1 Å². The minimum atomic E-state index is 0.480. The van der Waals surface area contributed by atoms with Gasteiger partial charge in [-0.05, 0) is 79.1 Å². The van der Waals surface area contributed by atoms with Crippen molar-refractivity contribution in [2.45, 2.75) is 60.3 Å². The summed E-state index contributed by atoms with van der Waals surface area (Å²) in [4.78, 5) is 0. The van der Waals surface area contributed by atoms with Gasteiger partial charge < -0.3 is 9.47 Å². The Bertz CT molecular complexity index is 676. The molecule has 0 amide bonds. The van der Waals surface area contributed by atoms with Crippen molar-refractivity contribution < 1.29 is 9.47 Å². The van der Waals surface area contributed by atoms with Gasteiger partial charge >= 0.3 is 0 Å². The van der Waals surface area contributed by atoms with Crippen LogP contribution in [0.1, 0.15) is 68.7 Å². The van der Waals surface area contributed by atoms with Crippen molar-refractivity contribution in [2.24, 2.45) is 0 Å². The summed E-state index contributed by atoms with van der Waals surface area (Å²) in [5, 5.41) is 0. The zero-order valence-electron chi connectivity index (χ0n) is 16.1. The van der Waals surface area contributed by atoms with Gasteiger partial charge in [0.15, 0.2) is 0 Å². The number of rotatable bonds is 6. The number of hydrogen-bond acceptors (Lipinski definition) is 2. The van der Waals surface area contributed by atoms with Crippen LogP contribution in [-0.4, -0.2) is 6.61 Å². The van der Waals surface area contributed by atoms with Crippen LogP contribution in [0.25, 0.3) is 0 Å². The van der Waals surface area contributed by atoms with Crippen LogP contribution in [0.5, 0.6) is 17.2 Å². The molecular weight excluding hydrogens is 296 g/mol. The lowest BCUT2D eigenvalue weighted by atomic mass is 9.90. The van der Waals surface area contributed by atoms with Gasteiger partial charge in [-0.1, -0.05) is 33.8 Å². The fourth-order valence-corrected chi connectivity index (χ4v) is 3.08. The Labute approximate surface area is 146 Å². The first-order chi connectivity index (χ1) is 11.3. The van der Waals surface area contributed by atoms with Crippen LogP contribution in [0, 0.1) is 13.8 Å². The highest BCUT2D eigenvalue weighted by Crippen LogP contribution is 2.35. The van der Waals surface area contributed by atoms with Crippen molar-refractivity contribution in [1.29, 1.82) is 0 Å². The fourth-order valence-electron chi connectivity index (χ4n) is 3.08. The topological polar surface area (TPSA) is 18.5 Å². The lowest BCUT2D eigenvalue weighted by Crippen LogP contribution is -2.00. The summed E-state index contributed by atoms with van der Waals surface area (Å²) >= 11 is 0. The van der Waals surface area contributed by atoms with Gasteiger partial charge in [-0.15, -0.1) is 0 Å². The molecule has 0 saturated heterocycles. The molecule has 130 valence electrons. The smallest absolute Gasteiger partial charge is 0.133 e. The third kappa shape index (κ3) is 4.11. The summed E-state index contributed by atoms with van der Waals surface area (Å²) in [7, 11) is 0. The number of hydrogen-bond donors (Lipinski definition) is 0. The van der Waals surface area contributed by atoms with Crippen LogP contribution in [0.3, 0.4) is 0 Å². The molecule has 0 aliphatic carbocycles. The van der Waals surface area contributed by atoms with Gasteiger partial charge in [-0.25, -0.2) is 0 Å². The van der Waals surface area contributed by atoms with E-state index in [-0.39, 0.29) is 0 Å². The Morgan fingerprint density at radius 3 is 1.88 bits per heavy atom. The minimum Gasteiger partial charge on any atom is -0.494 e. The van der Waals surface area contributed by atoms with Gasteiger partial charge in [0.25, 0.3) is 0 Å². The van der Waals surface area contributed by atoms with Crippen molar-refractivity contribution in [3.63, 3.8) is 0 Å². The van der Waals surface area contributed by atoms with Crippen molar-refractivity contribution in [1.82, 2.24) is 0 Å².